The van der Waals surface area contributed by atoms with Gasteiger partial charge in [0.1, 0.15) is 0 Å². The standard InChI is InChI=1S/C16H25NO/c1-13(2)16(14-7-4-3-5-8-14)12-17-11-15-9-6-10-18-15/h3-5,7-8,13,15-17H,6,9-12H2,1-2H3. The Morgan fingerprint density at radius 1 is 1.28 bits per heavy atom. The monoisotopic (exact) mass is 247 g/mol. The van der Waals surface area contributed by atoms with E-state index in [-0.39, 0.29) is 0 Å². The molecule has 0 spiro atoms. The van der Waals surface area contributed by atoms with Gasteiger partial charge in [0.25, 0.3) is 0 Å². The molecule has 0 aromatic heterocycles. The molecule has 0 amide bonds. The van der Waals surface area contributed by atoms with Gasteiger partial charge in [0.15, 0.2) is 0 Å². The van der Waals surface area contributed by atoms with Crippen LogP contribution in [0.2, 0.25) is 0 Å². The molecule has 0 saturated carbocycles. The van der Waals surface area contributed by atoms with Crippen LogP contribution >= 0.6 is 0 Å². The zero-order chi connectivity index (χ0) is 12.8. The maximum atomic E-state index is 5.64. The van der Waals surface area contributed by atoms with E-state index in [0.29, 0.717) is 17.9 Å². The van der Waals surface area contributed by atoms with E-state index in [0.717, 1.165) is 19.7 Å². The first kappa shape index (κ1) is 13.6. The summed E-state index contributed by atoms with van der Waals surface area (Å²) >= 11 is 0. The molecule has 1 aromatic rings. The lowest BCUT2D eigenvalue weighted by Crippen LogP contribution is -2.31. The molecule has 2 nitrogen and oxygen atoms in total. The summed E-state index contributed by atoms with van der Waals surface area (Å²) in [5, 5.41) is 3.58. The van der Waals surface area contributed by atoms with Gasteiger partial charge in [-0.15, -0.1) is 0 Å². The summed E-state index contributed by atoms with van der Waals surface area (Å²) in [7, 11) is 0. The van der Waals surface area contributed by atoms with Gasteiger partial charge >= 0.3 is 0 Å². The lowest BCUT2D eigenvalue weighted by molar-refractivity contribution is 0.109. The van der Waals surface area contributed by atoms with Crippen LogP contribution in [0.15, 0.2) is 30.3 Å². The molecule has 1 saturated heterocycles. The van der Waals surface area contributed by atoms with Gasteiger partial charge in [-0.25, -0.2) is 0 Å². The topological polar surface area (TPSA) is 21.3 Å². The van der Waals surface area contributed by atoms with E-state index in [1.165, 1.54) is 18.4 Å². The molecule has 2 heteroatoms. The van der Waals surface area contributed by atoms with Crippen LogP contribution in [0.3, 0.4) is 0 Å². The molecule has 1 aliphatic heterocycles. The van der Waals surface area contributed by atoms with Crippen molar-refractivity contribution in [2.75, 3.05) is 19.7 Å². The van der Waals surface area contributed by atoms with Gasteiger partial charge < -0.3 is 10.1 Å². The van der Waals surface area contributed by atoms with Crippen molar-refractivity contribution in [3.63, 3.8) is 0 Å². The van der Waals surface area contributed by atoms with E-state index >= 15 is 0 Å². The van der Waals surface area contributed by atoms with Gasteiger partial charge in [0, 0.05) is 19.7 Å². The second-order valence-corrected chi connectivity index (χ2v) is 5.55. The van der Waals surface area contributed by atoms with Gasteiger partial charge in [-0.05, 0) is 30.2 Å². The molecule has 1 N–H and O–H groups in total. The molecular weight excluding hydrogens is 222 g/mol. The molecule has 0 bridgehead atoms. The summed E-state index contributed by atoms with van der Waals surface area (Å²) in [5.74, 6) is 1.25. The van der Waals surface area contributed by atoms with Crippen molar-refractivity contribution in [1.82, 2.24) is 5.32 Å². The zero-order valence-electron chi connectivity index (χ0n) is 11.6. The van der Waals surface area contributed by atoms with Crippen LogP contribution in [0.1, 0.15) is 38.2 Å². The van der Waals surface area contributed by atoms with Gasteiger partial charge in [-0.1, -0.05) is 44.2 Å². The van der Waals surface area contributed by atoms with E-state index in [1.54, 1.807) is 0 Å². The van der Waals surface area contributed by atoms with E-state index in [4.69, 9.17) is 4.74 Å². The average Bonchev–Trinajstić information content (AvgIpc) is 2.88. The Bertz CT molecular complexity index is 330. The Hall–Kier alpha value is -0.860. The van der Waals surface area contributed by atoms with E-state index in [9.17, 15) is 0 Å². The lowest BCUT2D eigenvalue weighted by atomic mass is 9.88. The SMILES string of the molecule is CC(C)C(CNCC1CCCO1)c1ccccc1. The molecular formula is C16H25NO. The third-order valence-electron chi connectivity index (χ3n) is 3.79. The lowest BCUT2D eigenvalue weighted by Gasteiger charge is -2.23. The Kier molecular flexibility index (Phi) is 5.21. The predicted molar refractivity (Wildman–Crippen MR) is 75.9 cm³/mol. The van der Waals surface area contributed by atoms with Crippen LogP contribution in [0.25, 0.3) is 0 Å². The van der Waals surface area contributed by atoms with E-state index < -0.39 is 0 Å². The highest BCUT2D eigenvalue weighted by Crippen LogP contribution is 2.23. The number of ether oxygens (including phenoxy) is 1. The molecule has 1 aliphatic rings. The molecule has 0 aliphatic carbocycles. The summed E-state index contributed by atoms with van der Waals surface area (Å²) in [6, 6.07) is 10.8. The van der Waals surface area contributed by atoms with Crippen LogP contribution in [0.4, 0.5) is 0 Å². The first-order valence-corrected chi connectivity index (χ1v) is 7.14. The minimum absolute atomic E-state index is 0.439. The fraction of sp³-hybridized carbons (Fsp3) is 0.625. The fourth-order valence-electron chi connectivity index (χ4n) is 2.64. The smallest absolute Gasteiger partial charge is 0.0700 e. The molecule has 2 rings (SSSR count). The van der Waals surface area contributed by atoms with Gasteiger partial charge in [-0.2, -0.15) is 0 Å². The highest BCUT2D eigenvalue weighted by molar-refractivity contribution is 5.20. The van der Waals surface area contributed by atoms with Crippen molar-refractivity contribution in [2.45, 2.75) is 38.7 Å². The number of hydrogen-bond donors (Lipinski definition) is 1. The zero-order valence-corrected chi connectivity index (χ0v) is 11.6. The second kappa shape index (κ2) is 6.91. The Labute approximate surface area is 111 Å². The second-order valence-electron chi connectivity index (χ2n) is 5.55. The summed E-state index contributed by atoms with van der Waals surface area (Å²) in [4.78, 5) is 0. The highest BCUT2D eigenvalue weighted by Gasteiger charge is 2.18. The molecule has 2 unspecified atom stereocenters. The predicted octanol–water partition coefficient (Wildman–Crippen LogP) is 3.19. The maximum Gasteiger partial charge on any atom is 0.0700 e. The summed E-state index contributed by atoms with van der Waals surface area (Å²) in [5.41, 5.74) is 1.44. The molecule has 1 aromatic carbocycles. The van der Waals surface area contributed by atoms with E-state index in [2.05, 4.69) is 49.5 Å². The first-order chi connectivity index (χ1) is 8.77. The average molecular weight is 247 g/mol. The summed E-state index contributed by atoms with van der Waals surface area (Å²) in [6.45, 7) is 7.58. The van der Waals surface area contributed by atoms with Crippen molar-refractivity contribution in [3.8, 4) is 0 Å². The van der Waals surface area contributed by atoms with Crippen LogP contribution in [-0.4, -0.2) is 25.8 Å². The minimum atomic E-state index is 0.439. The number of rotatable bonds is 6. The van der Waals surface area contributed by atoms with Crippen LogP contribution < -0.4 is 5.32 Å². The Morgan fingerprint density at radius 2 is 2.06 bits per heavy atom. The quantitative estimate of drug-likeness (QED) is 0.833. The number of benzene rings is 1. The van der Waals surface area contributed by atoms with Crippen LogP contribution in [0.5, 0.6) is 0 Å². The largest absolute Gasteiger partial charge is 0.377 e. The van der Waals surface area contributed by atoms with Crippen molar-refractivity contribution in [3.05, 3.63) is 35.9 Å². The Balaban J connectivity index is 1.83. The first-order valence-electron chi connectivity index (χ1n) is 7.14. The van der Waals surface area contributed by atoms with Gasteiger partial charge in [-0.3, -0.25) is 0 Å². The third kappa shape index (κ3) is 3.82. The summed E-state index contributed by atoms with van der Waals surface area (Å²) in [6.07, 6.45) is 2.87. The number of hydrogen-bond acceptors (Lipinski definition) is 2. The molecule has 100 valence electrons. The molecule has 18 heavy (non-hydrogen) atoms. The molecule has 0 radical (unpaired) electrons. The van der Waals surface area contributed by atoms with Crippen molar-refractivity contribution in [1.29, 1.82) is 0 Å². The normalized spacial score (nSPS) is 21.4. The minimum Gasteiger partial charge on any atom is -0.377 e. The Morgan fingerprint density at radius 3 is 2.67 bits per heavy atom. The molecule has 1 fully saturated rings. The van der Waals surface area contributed by atoms with Crippen LogP contribution in [-0.2, 0) is 4.74 Å². The van der Waals surface area contributed by atoms with Crippen molar-refractivity contribution in [2.24, 2.45) is 5.92 Å². The van der Waals surface area contributed by atoms with Crippen molar-refractivity contribution >= 4 is 0 Å². The summed E-state index contributed by atoms with van der Waals surface area (Å²) < 4.78 is 5.64. The maximum absolute atomic E-state index is 5.64. The highest BCUT2D eigenvalue weighted by atomic mass is 16.5. The van der Waals surface area contributed by atoms with E-state index in [1.807, 2.05) is 0 Å². The van der Waals surface area contributed by atoms with Gasteiger partial charge in [0.05, 0.1) is 6.10 Å². The third-order valence-corrected chi connectivity index (χ3v) is 3.79. The fourth-order valence-corrected chi connectivity index (χ4v) is 2.64. The molecule has 2 atom stereocenters. The van der Waals surface area contributed by atoms with Crippen LogP contribution in [0, 0.1) is 5.92 Å². The van der Waals surface area contributed by atoms with Gasteiger partial charge in [0.2, 0.25) is 0 Å². The molecule has 1 heterocycles. The van der Waals surface area contributed by atoms with Crippen molar-refractivity contribution < 1.29 is 4.74 Å². The number of nitrogens with one attached hydrogen (secondary N) is 1.